The lowest BCUT2D eigenvalue weighted by molar-refractivity contribution is 1.03. The molecule has 0 atom stereocenters. The number of benzene rings is 1. The molecule has 110 valence electrons. The quantitative estimate of drug-likeness (QED) is 0.626. The van der Waals surface area contributed by atoms with Crippen molar-refractivity contribution in [2.24, 2.45) is 0 Å². The molecule has 1 aromatic carbocycles. The third kappa shape index (κ3) is 2.60. The van der Waals surface area contributed by atoms with Crippen molar-refractivity contribution in [3.63, 3.8) is 0 Å². The van der Waals surface area contributed by atoms with Gasteiger partial charge in [-0.15, -0.1) is 0 Å². The van der Waals surface area contributed by atoms with E-state index in [1.54, 1.807) is 0 Å². The van der Waals surface area contributed by atoms with Gasteiger partial charge in [0.25, 0.3) is 0 Å². The van der Waals surface area contributed by atoms with E-state index in [-0.39, 0.29) is 0 Å². The first-order valence-electron chi connectivity index (χ1n) is 7.48. The van der Waals surface area contributed by atoms with Gasteiger partial charge in [0, 0.05) is 21.9 Å². The van der Waals surface area contributed by atoms with E-state index in [0.717, 1.165) is 44.6 Å². The Bertz CT molecular complexity index is 1010. The van der Waals surface area contributed by atoms with Crippen LogP contribution in [0.1, 0.15) is 18.4 Å². The number of fused-ring (bicyclic) bond motifs is 2. The maximum absolute atomic E-state index is 9.64. The van der Waals surface area contributed by atoms with Crippen LogP contribution in [0.15, 0.2) is 64.7 Å². The average Bonchev–Trinajstić information content (AvgIpc) is 2.61. The number of nitrogens with zero attached hydrogens (tertiary/aromatic N) is 3. The largest absolute Gasteiger partial charge is 0.247 e. The molecule has 0 radical (unpaired) electrons. The SMILES string of the molecule is N#Cc1c(SC2=CCCC=C2)ncc2cc3ccccc3nc12. The first kappa shape index (κ1) is 14.0. The molecular formula is C19H13N3S. The smallest absolute Gasteiger partial charge is 0.121 e. The van der Waals surface area contributed by atoms with Gasteiger partial charge >= 0.3 is 0 Å². The molecule has 1 aliphatic rings. The number of thioether (sulfide) groups is 1. The van der Waals surface area contributed by atoms with Crippen LogP contribution in [0.3, 0.4) is 0 Å². The fraction of sp³-hybridized carbons (Fsp3) is 0.105. The number of allylic oxidation sites excluding steroid dienone is 3. The standard InChI is InChI=1S/C19H13N3S/c20-11-16-18-14(10-13-6-4-5-9-17(13)22-18)12-21-19(16)23-15-7-2-1-3-8-15/h2,4-10,12H,1,3H2. The lowest BCUT2D eigenvalue weighted by Gasteiger charge is -2.09. The van der Waals surface area contributed by atoms with Gasteiger partial charge in [-0.05, 0) is 25.0 Å². The van der Waals surface area contributed by atoms with Gasteiger partial charge in [0.1, 0.15) is 16.7 Å². The van der Waals surface area contributed by atoms with Gasteiger partial charge in [0.15, 0.2) is 0 Å². The number of rotatable bonds is 2. The fourth-order valence-corrected chi connectivity index (χ4v) is 3.62. The second-order valence-electron chi connectivity index (χ2n) is 5.36. The van der Waals surface area contributed by atoms with Crippen molar-refractivity contribution in [1.82, 2.24) is 9.97 Å². The minimum Gasteiger partial charge on any atom is -0.247 e. The number of nitriles is 1. The second kappa shape index (κ2) is 5.86. The Morgan fingerprint density at radius 1 is 1.13 bits per heavy atom. The molecule has 4 heteroatoms. The summed E-state index contributed by atoms with van der Waals surface area (Å²) < 4.78 is 0. The van der Waals surface area contributed by atoms with E-state index >= 15 is 0 Å². The lowest BCUT2D eigenvalue weighted by Crippen LogP contribution is -1.93. The van der Waals surface area contributed by atoms with E-state index < -0.39 is 0 Å². The number of para-hydroxylation sites is 1. The maximum atomic E-state index is 9.64. The van der Waals surface area contributed by atoms with E-state index in [0.29, 0.717) is 5.56 Å². The summed E-state index contributed by atoms with van der Waals surface area (Å²) in [7, 11) is 0. The summed E-state index contributed by atoms with van der Waals surface area (Å²) in [6.45, 7) is 0. The Kier molecular flexibility index (Phi) is 3.57. The van der Waals surface area contributed by atoms with Crippen molar-refractivity contribution >= 4 is 33.6 Å². The first-order chi connectivity index (χ1) is 11.3. The van der Waals surface area contributed by atoms with Crippen molar-refractivity contribution in [3.8, 4) is 6.07 Å². The minimum atomic E-state index is 0.554. The predicted octanol–water partition coefficient (Wildman–Crippen LogP) is 4.98. The van der Waals surface area contributed by atoms with Crippen LogP contribution in [0.2, 0.25) is 0 Å². The molecule has 0 N–H and O–H groups in total. The molecule has 3 nitrogen and oxygen atoms in total. The van der Waals surface area contributed by atoms with Crippen LogP contribution >= 0.6 is 11.8 Å². The summed E-state index contributed by atoms with van der Waals surface area (Å²) in [6, 6.07) is 12.3. The molecule has 1 aliphatic carbocycles. The Balaban J connectivity index is 1.89. The van der Waals surface area contributed by atoms with E-state index in [4.69, 9.17) is 0 Å². The molecule has 0 unspecified atom stereocenters. The predicted molar refractivity (Wildman–Crippen MR) is 94.1 cm³/mol. The van der Waals surface area contributed by atoms with Crippen LogP contribution in [0, 0.1) is 11.3 Å². The molecule has 0 bridgehead atoms. The highest BCUT2D eigenvalue weighted by atomic mass is 32.2. The molecule has 2 aromatic heterocycles. The van der Waals surface area contributed by atoms with Gasteiger partial charge in [-0.25, -0.2) is 9.97 Å². The van der Waals surface area contributed by atoms with E-state index in [1.807, 2.05) is 36.5 Å². The van der Waals surface area contributed by atoms with Crippen LogP contribution in [0.4, 0.5) is 0 Å². The molecule has 2 heterocycles. The lowest BCUT2D eigenvalue weighted by atomic mass is 10.1. The van der Waals surface area contributed by atoms with Crippen LogP contribution in [0.5, 0.6) is 0 Å². The molecule has 0 fully saturated rings. The molecule has 0 aliphatic heterocycles. The van der Waals surface area contributed by atoms with Crippen molar-refractivity contribution in [2.75, 3.05) is 0 Å². The Labute approximate surface area is 138 Å². The normalized spacial score (nSPS) is 14.0. The Morgan fingerprint density at radius 3 is 2.87 bits per heavy atom. The van der Waals surface area contributed by atoms with E-state index in [2.05, 4.69) is 34.3 Å². The highest BCUT2D eigenvalue weighted by Gasteiger charge is 2.13. The molecule has 0 saturated carbocycles. The zero-order chi connectivity index (χ0) is 15.6. The highest BCUT2D eigenvalue weighted by molar-refractivity contribution is 8.03. The first-order valence-corrected chi connectivity index (χ1v) is 8.30. The summed E-state index contributed by atoms with van der Waals surface area (Å²) in [5.41, 5.74) is 2.18. The van der Waals surface area contributed by atoms with Gasteiger partial charge in [-0.2, -0.15) is 5.26 Å². The molecule has 4 rings (SSSR count). The van der Waals surface area contributed by atoms with Gasteiger partial charge in [0.2, 0.25) is 0 Å². The van der Waals surface area contributed by atoms with Crippen molar-refractivity contribution in [2.45, 2.75) is 17.9 Å². The van der Waals surface area contributed by atoms with E-state index in [9.17, 15) is 5.26 Å². The summed E-state index contributed by atoms with van der Waals surface area (Å²) in [5, 5.41) is 12.3. The zero-order valence-corrected chi connectivity index (χ0v) is 13.2. The monoisotopic (exact) mass is 315 g/mol. The number of aromatic nitrogens is 2. The molecule has 0 spiro atoms. The molecular weight excluding hydrogens is 302 g/mol. The van der Waals surface area contributed by atoms with Crippen LogP contribution in [0.25, 0.3) is 21.8 Å². The zero-order valence-electron chi connectivity index (χ0n) is 12.4. The highest BCUT2D eigenvalue weighted by Crippen LogP contribution is 2.34. The summed E-state index contributed by atoms with van der Waals surface area (Å²) in [5.74, 6) is 0. The van der Waals surface area contributed by atoms with Gasteiger partial charge in [-0.1, -0.05) is 48.2 Å². The number of pyridine rings is 2. The average molecular weight is 315 g/mol. The van der Waals surface area contributed by atoms with Crippen molar-refractivity contribution in [3.05, 3.63) is 65.2 Å². The summed E-state index contributed by atoms with van der Waals surface area (Å²) >= 11 is 1.54. The molecule has 23 heavy (non-hydrogen) atoms. The minimum absolute atomic E-state index is 0.554. The van der Waals surface area contributed by atoms with Gasteiger partial charge in [0.05, 0.1) is 11.0 Å². The molecule has 0 saturated heterocycles. The third-order valence-corrected chi connectivity index (χ3v) is 4.85. The maximum Gasteiger partial charge on any atom is 0.121 e. The van der Waals surface area contributed by atoms with Crippen molar-refractivity contribution < 1.29 is 0 Å². The number of hydrogen-bond donors (Lipinski definition) is 0. The fourth-order valence-electron chi connectivity index (χ4n) is 2.68. The molecule has 3 aromatic rings. The number of hydrogen-bond acceptors (Lipinski definition) is 4. The van der Waals surface area contributed by atoms with Crippen LogP contribution < -0.4 is 0 Å². The van der Waals surface area contributed by atoms with Crippen molar-refractivity contribution in [1.29, 1.82) is 5.26 Å². The Hall–Kier alpha value is -2.64. The summed E-state index contributed by atoms with van der Waals surface area (Å²) in [4.78, 5) is 10.3. The van der Waals surface area contributed by atoms with Crippen LogP contribution in [-0.2, 0) is 0 Å². The van der Waals surface area contributed by atoms with Gasteiger partial charge < -0.3 is 0 Å². The summed E-state index contributed by atoms with van der Waals surface area (Å²) in [6.07, 6.45) is 10.4. The van der Waals surface area contributed by atoms with Crippen LogP contribution in [-0.4, -0.2) is 9.97 Å². The Morgan fingerprint density at radius 2 is 2.04 bits per heavy atom. The second-order valence-corrected chi connectivity index (χ2v) is 6.42. The molecule has 0 amide bonds. The van der Waals surface area contributed by atoms with E-state index in [1.165, 1.54) is 11.8 Å². The topological polar surface area (TPSA) is 49.6 Å². The third-order valence-electron chi connectivity index (χ3n) is 3.81. The van der Waals surface area contributed by atoms with Gasteiger partial charge in [-0.3, -0.25) is 0 Å².